The van der Waals surface area contributed by atoms with Crippen LogP contribution in [-0.2, 0) is 11.2 Å². The first-order chi connectivity index (χ1) is 14.2. The topological polar surface area (TPSA) is 74.9 Å². The van der Waals surface area contributed by atoms with Crippen LogP contribution in [0.4, 0.5) is 0 Å². The Morgan fingerprint density at radius 3 is 2.67 bits per heavy atom. The molecule has 2 N–H and O–H groups in total. The summed E-state index contributed by atoms with van der Waals surface area (Å²) in [5.41, 5.74) is 1.13. The molecule has 2 aromatic rings. The summed E-state index contributed by atoms with van der Waals surface area (Å²) < 4.78 is 11.4. The lowest BCUT2D eigenvalue weighted by molar-refractivity contribution is 0.0135. The second-order valence-corrected chi connectivity index (χ2v) is 7.39. The predicted octanol–water partition coefficient (Wildman–Crippen LogP) is 3.43. The number of rotatable bonds is 8. The third-order valence-corrected chi connectivity index (χ3v) is 5.06. The molecule has 0 amide bonds. The molecule has 1 unspecified atom stereocenters. The molecule has 0 bridgehead atoms. The summed E-state index contributed by atoms with van der Waals surface area (Å²) in [6, 6.07) is 7.97. The number of hydrogen-bond acceptors (Lipinski definition) is 5. The second kappa shape index (κ2) is 13.1. The summed E-state index contributed by atoms with van der Waals surface area (Å²) in [5.74, 6) is 2.68. The summed E-state index contributed by atoms with van der Waals surface area (Å²) in [6.07, 6.45) is 2.65. The Hall–Kier alpha value is -1.36. The monoisotopic (exact) mass is 547 g/mol. The third-order valence-electron chi connectivity index (χ3n) is 4.84. The number of nitrogens with one attached hydrogen (secondary N) is 2. The maximum atomic E-state index is 5.93. The zero-order valence-corrected chi connectivity index (χ0v) is 20.7. The largest absolute Gasteiger partial charge is 0.465 e. The van der Waals surface area contributed by atoms with E-state index in [1.807, 2.05) is 31.3 Å². The number of ether oxygens (including phenoxy) is 1. The number of nitrogens with zero attached hydrogens (tertiary/aromatic N) is 3. The Balaban J connectivity index is 0.00000320. The van der Waals surface area contributed by atoms with Crippen LogP contribution in [0.15, 0.2) is 39.9 Å². The molecule has 30 heavy (non-hydrogen) atoms. The van der Waals surface area contributed by atoms with Crippen molar-refractivity contribution in [3.8, 4) is 0 Å². The van der Waals surface area contributed by atoms with E-state index in [0.29, 0.717) is 11.7 Å². The molecule has 7 nitrogen and oxygen atoms in total. The summed E-state index contributed by atoms with van der Waals surface area (Å²) >= 11 is 5.85. The van der Waals surface area contributed by atoms with Crippen molar-refractivity contribution in [3.05, 3.63) is 52.7 Å². The van der Waals surface area contributed by atoms with Crippen LogP contribution in [0.5, 0.6) is 0 Å². The number of pyridine rings is 1. The van der Waals surface area contributed by atoms with Gasteiger partial charge in [0.25, 0.3) is 0 Å². The van der Waals surface area contributed by atoms with E-state index >= 15 is 0 Å². The molecule has 3 heterocycles. The fourth-order valence-electron chi connectivity index (χ4n) is 3.31. The van der Waals surface area contributed by atoms with Gasteiger partial charge in [0.15, 0.2) is 5.96 Å². The highest BCUT2D eigenvalue weighted by Gasteiger charge is 2.25. The maximum Gasteiger partial charge on any atom is 0.191 e. The van der Waals surface area contributed by atoms with Crippen molar-refractivity contribution in [1.82, 2.24) is 20.5 Å². The van der Waals surface area contributed by atoms with E-state index in [1.165, 1.54) is 0 Å². The number of aromatic nitrogens is 1. The molecule has 0 spiro atoms. The molecule has 2 aromatic heterocycles. The Labute approximate surface area is 200 Å². The summed E-state index contributed by atoms with van der Waals surface area (Å²) in [5, 5.41) is 7.24. The average Bonchev–Trinajstić information content (AvgIpc) is 3.16. The fourth-order valence-corrected chi connectivity index (χ4v) is 3.42. The van der Waals surface area contributed by atoms with Gasteiger partial charge in [0.2, 0.25) is 0 Å². The smallest absolute Gasteiger partial charge is 0.191 e. The number of aryl methyl sites for hydroxylation is 1. The van der Waals surface area contributed by atoms with E-state index in [2.05, 4.69) is 33.5 Å². The second-order valence-electron chi connectivity index (χ2n) is 7.00. The van der Waals surface area contributed by atoms with Gasteiger partial charge in [-0.3, -0.25) is 9.89 Å². The lowest BCUT2D eigenvalue weighted by atomic mass is 10.1. The molecule has 9 heteroatoms. The fraction of sp³-hybridized carbons (Fsp3) is 0.524. The van der Waals surface area contributed by atoms with E-state index in [0.717, 1.165) is 68.9 Å². The molecule has 3 rings (SSSR count). The molecule has 1 fully saturated rings. The summed E-state index contributed by atoms with van der Waals surface area (Å²) in [6.45, 7) is 9.47. The van der Waals surface area contributed by atoms with Crippen molar-refractivity contribution in [2.24, 2.45) is 4.99 Å². The number of morpholine rings is 1. The van der Waals surface area contributed by atoms with Gasteiger partial charge in [0.1, 0.15) is 16.7 Å². The molecule has 1 aliphatic heterocycles. The van der Waals surface area contributed by atoms with Crippen LogP contribution in [0.25, 0.3) is 0 Å². The molecule has 1 atom stereocenters. The van der Waals surface area contributed by atoms with Crippen LogP contribution >= 0.6 is 35.6 Å². The normalized spacial score (nSPS) is 16.0. The van der Waals surface area contributed by atoms with E-state index in [1.54, 1.807) is 0 Å². The third kappa shape index (κ3) is 7.72. The van der Waals surface area contributed by atoms with Crippen LogP contribution in [0, 0.1) is 6.92 Å². The molecule has 1 saturated heterocycles. The first-order valence-corrected chi connectivity index (χ1v) is 10.5. The van der Waals surface area contributed by atoms with E-state index in [9.17, 15) is 0 Å². The van der Waals surface area contributed by atoms with Crippen molar-refractivity contribution in [1.29, 1.82) is 0 Å². The molecule has 1 aliphatic rings. The van der Waals surface area contributed by atoms with Crippen LogP contribution in [0.3, 0.4) is 0 Å². The van der Waals surface area contributed by atoms with Crippen molar-refractivity contribution in [3.63, 3.8) is 0 Å². The lowest BCUT2D eigenvalue weighted by Crippen LogP contribution is -2.42. The zero-order valence-electron chi connectivity index (χ0n) is 17.6. The molecule has 0 radical (unpaired) electrons. The molecule has 0 aliphatic carbocycles. The summed E-state index contributed by atoms with van der Waals surface area (Å²) in [7, 11) is 0. The minimum absolute atomic E-state index is 0. The van der Waals surface area contributed by atoms with Gasteiger partial charge in [0, 0.05) is 32.4 Å². The van der Waals surface area contributed by atoms with E-state index in [-0.39, 0.29) is 30.0 Å². The molecule has 166 valence electrons. The Bertz CT molecular complexity index is 778. The Morgan fingerprint density at radius 1 is 1.23 bits per heavy atom. The van der Waals surface area contributed by atoms with Gasteiger partial charge < -0.3 is 19.8 Å². The maximum absolute atomic E-state index is 5.93. The van der Waals surface area contributed by atoms with Crippen LogP contribution in [0.2, 0.25) is 5.15 Å². The quantitative estimate of drug-likeness (QED) is 0.228. The molecular weight excluding hydrogens is 517 g/mol. The van der Waals surface area contributed by atoms with Crippen molar-refractivity contribution >= 4 is 41.5 Å². The molecule has 0 saturated carbocycles. The number of aliphatic imine (C=N–C) groups is 1. The van der Waals surface area contributed by atoms with Gasteiger partial charge in [0.05, 0.1) is 25.8 Å². The highest BCUT2D eigenvalue weighted by atomic mass is 127. The minimum Gasteiger partial charge on any atom is -0.465 e. The Kier molecular flexibility index (Phi) is 10.9. The van der Waals surface area contributed by atoms with Crippen molar-refractivity contribution in [2.45, 2.75) is 26.3 Å². The molecule has 0 aromatic carbocycles. The first kappa shape index (κ1) is 24.9. The van der Waals surface area contributed by atoms with E-state index in [4.69, 9.17) is 25.7 Å². The highest BCUT2D eigenvalue weighted by molar-refractivity contribution is 14.0. The van der Waals surface area contributed by atoms with Gasteiger partial charge in [-0.1, -0.05) is 17.7 Å². The predicted molar refractivity (Wildman–Crippen MR) is 131 cm³/mol. The lowest BCUT2D eigenvalue weighted by Gasteiger charge is -2.32. The highest BCUT2D eigenvalue weighted by Crippen LogP contribution is 2.24. The SMILES string of the molecule is CCNC(=NCC(c1ccc(C)o1)N1CCOCC1)NCCc1ccc(Cl)nc1.I. The number of halogens is 2. The van der Waals surface area contributed by atoms with Crippen LogP contribution in [-0.4, -0.2) is 61.8 Å². The van der Waals surface area contributed by atoms with Gasteiger partial charge in [-0.15, -0.1) is 24.0 Å². The number of guanidine groups is 1. The van der Waals surface area contributed by atoms with Crippen LogP contribution < -0.4 is 10.6 Å². The van der Waals surface area contributed by atoms with Crippen LogP contribution in [0.1, 0.15) is 30.0 Å². The number of hydrogen-bond donors (Lipinski definition) is 2. The van der Waals surface area contributed by atoms with Gasteiger partial charge >= 0.3 is 0 Å². The summed E-state index contributed by atoms with van der Waals surface area (Å²) in [4.78, 5) is 11.3. The van der Waals surface area contributed by atoms with Gasteiger partial charge in [-0.2, -0.15) is 0 Å². The molecular formula is C21H31ClIN5O2. The zero-order chi connectivity index (χ0) is 20.5. The van der Waals surface area contributed by atoms with Gasteiger partial charge in [-0.05, 0) is 44.0 Å². The first-order valence-electron chi connectivity index (χ1n) is 10.2. The minimum atomic E-state index is 0. The Morgan fingerprint density at radius 2 is 2.03 bits per heavy atom. The average molecular weight is 548 g/mol. The van der Waals surface area contributed by atoms with E-state index < -0.39 is 0 Å². The van der Waals surface area contributed by atoms with Crippen molar-refractivity contribution < 1.29 is 9.15 Å². The number of furan rings is 1. The van der Waals surface area contributed by atoms with Gasteiger partial charge in [-0.25, -0.2) is 4.98 Å². The van der Waals surface area contributed by atoms with Crippen molar-refractivity contribution in [2.75, 3.05) is 45.9 Å². The standard InChI is InChI=1S/C21H30ClN5O2.HI/c1-3-23-21(24-9-8-17-5-7-20(22)25-14-17)26-15-18(19-6-4-16(2)29-19)27-10-12-28-13-11-27;/h4-7,14,18H,3,8-13,15H2,1-2H3,(H2,23,24,26);1H.